The number of fused-ring (bicyclic) bond motifs is 1. The maximum Gasteiger partial charge on any atom is 0.337 e. The summed E-state index contributed by atoms with van der Waals surface area (Å²) in [5, 5.41) is 3.67. The minimum absolute atomic E-state index is 0.261. The zero-order chi connectivity index (χ0) is 15.4. The predicted molar refractivity (Wildman–Crippen MR) is 86.8 cm³/mol. The van der Waals surface area contributed by atoms with Crippen LogP contribution < -0.4 is 5.32 Å². The molecule has 2 aliphatic rings. The zero-order valence-corrected chi connectivity index (χ0v) is 13.4. The van der Waals surface area contributed by atoms with Crippen LogP contribution in [0.25, 0.3) is 0 Å². The van der Waals surface area contributed by atoms with Gasteiger partial charge < -0.3 is 10.1 Å². The van der Waals surface area contributed by atoms with Gasteiger partial charge in [0.25, 0.3) is 0 Å². The number of ether oxygens (including phenoxy) is 1. The second kappa shape index (κ2) is 7.25. The molecule has 0 aliphatic carbocycles. The number of benzene rings is 1. The molecule has 2 aliphatic heterocycles. The van der Waals surface area contributed by atoms with Crippen molar-refractivity contribution in [3.63, 3.8) is 0 Å². The van der Waals surface area contributed by atoms with Crippen molar-refractivity contribution < 1.29 is 9.53 Å². The fourth-order valence-corrected chi connectivity index (χ4v) is 3.77. The van der Waals surface area contributed by atoms with Gasteiger partial charge >= 0.3 is 5.97 Å². The molecule has 0 amide bonds. The van der Waals surface area contributed by atoms with E-state index < -0.39 is 0 Å². The molecule has 2 fully saturated rings. The van der Waals surface area contributed by atoms with E-state index in [0.717, 1.165) is 18.9 Å². The SMILES string of the molecule is COC(=O)c1ccc(CC2CCCN3CCCNC3C2)cc1. The van der Waals surface area contributed by atoms with Gasteiger partial charge in [0.05, 0.1) is 18.8 Å². The number of esters is 1. The van der Waals surface area contributed by atoms with E-state index in [2.05, 4.69) is 22.3 Å². The van der Waals surface area contributed by atoms with Crippen molar-refractivity contribution in [2.45, 2.75) is 38.3 Å². The Hall–Kier alpha value is -1.39. The summed E-state index contributed by atoms with van der Waals surface area (Å²) in [7, 11) is 1.42. The summed E-state index contributed by atoms with van der Waals surface area (Å²) in [6.45, 7) is 3.63. The van der Waals surface area contributed by atoms with Crippen LogP contribution in [0, 0.1) is 5.92 Å². The molecule has 0 radical (unpaired) electrons. The van der Waals surface area contributed by atoms with Gasteiger partial charge in [0.15, 0.2) is 0 Å². The van der Waals surface area contributed by atoms with Crippen molar-refractivity contribution in [2.24, 2.45) is 5.92 Å². The third kappa shape index (κ3) is 3.68. The Morgan fingerprint density at radius 3 is 2.82 bits per heavy atom. The van der Waals surface area contributed by atoms with Gasteiger partial charge in [-0.15, -0.1) is 0 Å². The molecule has 4 nitrogen and oxygen atoms in total. The van der Waals surface area contributed by atoms with Crippen LogP contribution in [0.4, 0.5) is 0 Å². The van der Waals surface area contributed by atoms with E-state index in [-0.39, 0.29) is 5.97 Å². The van der Waals surface area contributed by atoms with Crippen molar-refractivity contribution in [1.29, 1.82) is 0 Å². The Morgan fingerprint density at radius 2 is 2.05 bits per heavy atom. The molecule has 1 aromatic rings. The maximum atomic E-state index is 11.5. The van der Waals surface area contributed by atoms with Gasteiger partial charge in [0.1, 0.15) is 0 Å². The van der Waals surface area contributed by atoms with Crippen LogP contribution in [0.1, 0.15) is 41.6 Å². The van der Waals surface area contributed by atoms with E-state index in [4.69, 9.17) is 4.74 Å². The van der Waals surface area contributed by atoms with Crippen LogP contribution in [0.2, 0.25) is 0 Å². The monoisotopic (exact) mass is 302 g/mol. The van der Waals surface area contributed by atoms with Gasteiger partial charge in [0, 0.05) is 6.54 Å². The average Bonchev–Trinajstić information content (AvgIpc) is 2.76. The molecular weight excluding hydrogens is 276 g/mol. The van der Waals surface area contributed by atoms with Gasteiger partial charge in [-0.1, -0.05) is 12.1 Å². The lowest BCUT2D eigenvalue weighted by Gasteiger charge is -2.35. The first-order valence-electron chi connectivity index (χ1n) is 8.41. The molecule has 2 unspecified atom stereocenters. The van der Waals surface area contributed by atoms with Crippen LogP contribution in [0.15, 0.2) is 24.3 Å². The molecule has 0 spiro atoms. The molecule has 0 aromatic heterocycles. The van der Waals surface area contributed by atoms with Crippen molar-refractivity contribution in [1.82, 2.24) is 10.2 Å². The highest BCUT2D eigenvalue weighted by molar-refractivity contribution is 5.89. The summed E-state index contributed by atoms with van der Waals surface area (Å²) in [4.78, 5) is 14.1. The lowest BCUT2D eigenvalue weighted by Crippen LogP contribution is -2.51. The van der Waals surface area contributed by atoms with Crippen molar-refractivity contribution in [3.05, 3.63) is 35.4 Å². The highest BCUT2D eigenvalue weighted by atomic mass is 16.5. The zero-order valence-electron chi connectivity index (χ0n) is 13.4. The smallest absolute Gasteiger partial charge is 0.337 e. The highest BCUT2D eigenvalue weighted by Gasteiger charge is 2.27. The number of rotatable bonds is 3. The quantitative estimate of drug-likeness (QED) is 0.871. The van der Waals surface area contributed by atoms with E-state index >= 15 is 0 Å². The number of nitrogens with one attached hydrogen (secondary N) is 1. The number of carbonyl (C=O) groups excluding carboxylic acids is 1. The van der Waals surface area contributed by atoms with Crippen LogP contribution in [0.3, 0.4) is 0 Å². The summed E-state index contributed by atoms with van der Waals surface area (Å²) in [5.41, 5.74) is 1.95. The second-order valence-electron chi connectivity index (χ2n) is 6.50. The minimum atomic E-state index is -0.261. The molecule has 1 aromatic carbocycles. The minimum Gasteiger partial charge on any atom is -0.465 e. The van der Waals surface area contributed by atoms with Crippen LogP contribution in [-0.4, -0.2) is 43.8 Å². The first-order valence-corrected chi connectivity index (χ1v) is 8.41. The van der Waals surface area contributed by atoms with Crippen LogP contribution >= 0.6 is 0 Å². The van der Waals surface area contributed by atoms with Gasteiger partial charge in [-0.25, -0.2) is 4.79 Å². The van der Waals surface area contributed by atoms with Gasteiger partial charge in [-0.05, 0) is 68.8 Å². The maximum absolute atomic E-state index is 11.5. The number of carbonyl (C=O) groups is 1. The summed E-state index contributed by atoms with van der Waals surface area (Å²) < 4.78 is 4.75. The van der Waals surface area contributed by atoms with Gasteiger partial charge in [-0.3, -0.25) is 4.90 Å². The van der Waals surface area contributed by atoms with E-state index in [9.17, 15) is 4.79 Å². The van der Waals surface area contributed by atoms with Crippen molar-refractivity contribution in [3.8, 4) is 0 Å². The van der Waals surface area contributed by atoms with E-state index in [1.807, 2.05) is 12.1 Å². The number of hydrogen-bond acceptors (Lipinski definition) is 4. The standard InChI is InChI=1S/C18H26N2O2/c1-22-18(21)16-7-5-14(6-8-16)12-15-4-2-10-20-11-3-9-19-17(20)13-15/h5-8,15,17,19H,2-4,9-13H2,1H3. The Bertz CT molecular complexity index is 500. The lowest BCUT2D eigenvalue weighted by molar-refractivity contribution is 0.0600. The first kappa shape index (κ1) is 15.5. The van der Waals surface area contributed by atoms with Crippen LogP contribution in [-0.2, 0) is 11.2 Å². The normalized spacial score (nSPS) is 26.0. The summed E-state index contributed by atoms with van der Waals surface area (Å²) >= 11 is 0. The predicted octanol–water partition coefficient (Wildman–Crippen LogP) is 2.44. The summed E-state index contributed by atoms with van der Waals surface area (Å²) in [6.07, 6.45) is 6.77. The fourth-order valence-electron chi connectivity index (χ4n) is 3.77. The highest BCUT2D eigenvalue weighted by Crippen LogP contribution is 2.26. The topological polar surface area (TPSA) is 41.6 Å². The molecule has 0 bridgehead atoms. The van der Waals surface area contributed by atoms with Crippen LogP contribution in [0.5, 0.6) is 0 Å². The lowest BCUT2D eigenvalue weighted by atomic mass is 9.91. The first-order chi connectivity index (χ1) is 10.8. The van der Waals surface area contributed by atoms with Crippen molar-refractivity contribution >= 4 is 5.97 Å². The van der Waals surface area contributed by atoms with E-state index in [1.54, 1.807) is 0 Å². The van der Waals surface area contributed by atoms with E-state index in [0.29, 0.717) is 11.7 Å². The largest absolute Gasteiger partial charge is 0.465 e. The molecule has 2 heterocycles. The summed E-state index contributed by atoms with van der Waals surface area (Å²) in [6, 6.07) is 7.90. The number of nitrogens with zero attached hydrogens (tertiary/aromatic N) is 1. The Morgan fingerprint density at radius 1 is 1.27 bits per heavy atom. The van der Waals surface area contributed by atoms with E-state index in [1.165, 1.54) is 51.4 Å². The average molecular weight is 302 g/mol. The number of hydrogen-bond donors (Lipinski definition) is 1. The molecule has 22 heavy (non-hydrogen) atoms. The molecule has 3 rings (SSSR count). The Labute approximate surface area is 132 Å². The third-order valence-electron chi connectivity index (χ3n) is 4.96. The van der Waals surface area contributed by atoms with Crippen molar-refractivity contribution in [2.75, 3.05) is 26.7 Å². The molecular formula is C18H26N2O2. The fraction of sp³-hybridized carbons (Fsp3) is 0.611. The molecule has 2 atom stereocenters. The third-order valence-corrected chi connectivity index (χ3v) is 4.96. The molecule has 120 valence electrons. The summed E-state index contributed by atoms with van der Waals surface area (Å²) in [5.74, 6) is 0.465. The molecule has 0 saturated carbocycles. The molecule has 4 heteroatoms. The van der Waals surface area contributed by atoms with Gasteiger partial charge in [0.2, 0.25) is 0 Å². The Kier molecular flexibility index (Phi) is 5.11. The van der Waals surface area contributed by atoms with Gasteiger partial charge in [-0.2, -0.15) is 0 Å². The Balaban J connectivity index is 1.61. The molecule has 2 saturated heterocycles. The molecule has 1 N–H and O–H groups in total. The second-order valence-corrected chi connectivity index (χ2v) is 6.50. The number of methoxy groups -OCH3 is 1.